The van der Waals surface area contributed by atoms with E-state index in [4.69, 9.17) is 0 Å². The molecule has 112 valence electrons. The van der Waals surface area contributed by atoms with E-state index in [0.29, 0.717) is 19.6 Å². The van der Waals surface area contributed by atoms with Crippen molar-refractivity contribution >= 4 is 5.91 Å². The Hall–Kier alpha value is -2.18. The van der Waals surface area contributed by atoms with Gasteiger partial charge in [0.25, 0.3) is 0 Å². The largest absolute Gasteiger partial charge is 0.332 e. The van der Waals surface area contributed by atoms with Gasteiger partial charge in [-0.3, -0.25) is 4.79 Å². The maximum Gasteiger partial charge on any atom is 0.243 e. The maximum absolute atomic E-state index is 12.5. The molecule has 0 radical (unpaired) electrons. The Morgan fingerprint density at radius 1 is 1.43 bits per heavy atom. The molecule has 0 spiro atoms. The second-order valence-corrected chi connectivity index (χ2v) is 5.48. The third-order valence-electron chi connectivity index (χ3n) is 3.97. The van der Waals surface area contributed by atoms with Crippen LogP contribution in [0.25, 0.3) is 0 Å². The zero-order valence-corrected chi connectivity index (χ0v) is 12.7. The summed E-state index contributed by atoms with van der Waals surface area (Å²) in [6.07, 6.45) is 4.42. The molecule has 0 bridgehead atoms. The molecule has 1 amide bonds. The van der Waals surface area contributed by atoms with Gasteiger partial charge in [-0.15, -0.1) is 10.2 Å². The SMILES string of the molecule is CCc1nccn1CC(=O)N1Cc2nnc(C)n2C(C)C1. The molecular weight excluding hydrogens is 268 g/mol. The lowest BCUT2D eigenvalue weighted by Crippen LogP contribution is -2.42. The molecule has 2 aromatic heterocycles. The number of hydrogen-bond donors (Lipinski definition) is 0. The molecule has 1 aliphatic heterocycles. The first-order valence-corrected chi connectivity index (χ1v) is 7.28. The molecule has 0 aromatic carbocycles. The average Bonchev–Trinajstić information content (AvgIpc) is 3.05. The molecule has 0 saturated heterocycles. The van der Waals surface area contributed by atoms with Crippen LogP contribution in [0.1, 0.15) is 37.4 Å². The van der Waals surface area contributed by atoms with Gasteiger partial charge >= 0.3 is 0 Å². The molecule has 1 aliphatic rings. The van der Waals surface area contributed by atoms with Crippen LogP contribution in [0.4, 0.5) is 0 Å². The highest BCUT2D eigenvalue weighted by molar-refractivity contribution is 5.76. The van der Waals surface area contributed by atoms with E-state index in [-0.39, 0.29) is 11.9 Å². The van der Waals surface area contributed by atoms with Crippen molar-refractivity contribution in [3.05, 3.63) is 29.9 Å². The first-order valence-electron chi connectivity index (χ1n) is 7.28. The Bertz CT molecular complexity index is 658. The summed E-state index contributed by atoms with van der Waals surface area (Å²) in [5, 5.41) is 8.28. The Morgan fingerprint density at radius 2 is 2.24 bits per heavy atom. The van der Waals surface area contributed by atoms with Crippen molar-refractivity contribution in [3.63, 3.8) is 0 Å². The van der Waals surface area contributed by atoms with Crippen LogP contribution in [-0.2, 0) is 24.3 Å². The van der Waals surface area contributed by atoms with Gasteiger partial charge in [-0.25, -0.2) is 4.98 Å². The molecule has 2 aromatic rings. The summed E-state index contributed by atoms with van der Waals surface area (Å²) in [7, 11) is 0. The van der Waals surface area contributed by atoms with Gasteiger partial charge in [0.2, 0.25) is 5.91 Å². The van der Waals surface area contributed by atoms with Crippen LogP contribution in [0.15, 0.2) is 12.4 Å². The van der Waals surface area contributed by atoms with Crippen molar-refractivity contribution in [1.29, 1.82) is 0 Å². The molecule has 0 N–H and O–H groups in total. The van der Waals surface area contributed by atoms with E-state index < -0.39 is 0 Å². The predicted octanol–water partition coefficient (Wildman–Crippen LogP) is 0.949. The number of amides is 1. The normalized spacial score (nSPS) is 17.9. The number of rotatable bonds is 3. The van der Waals surface area contributed by atoms with Crippen molar-refractivity contribution in [2.24, 2.45) is 0 Å². The van der Waals surface area contributed by atoms with Gasteiger partial charge in [-0.1, -0.05) is 6.92 Å². The zero-order valence-electron chi connectivity index (χ0n) is 12.7. The molecule has 0 aliphatic carbocycles. The summed E-state index contributed by atoms with van der Waals surface area (Å²) in [6.45, 7) is 7.64. The van der Waals surface area contributed by atoms with Gasteiger partial charge in [0.1, 0.15) is 18.2 Å². The summed E-state index contributed by atoms with van der Waals surface area (Å²) >= 11 is 0. The molecule has 0 saturated carbocycles. The summed E-state index contributed by atoms with van der Waals surface area (Å²) in [4.78, 5) is 18.6. The Kier molecular flexibility index (Phi) is 3.48. The molecule has 21 heavy (non-hydrogen) atoms. The van der Waals surface area contributed by atoms with E-state index in [1.54, 1.807) is 6.20 Å². The number of imidazole rings is 1. The van der Waals surface area contributed by atoms with E-state index in [1.165, 1.54) is 0 Å². The number of carbonyl (C=O) groups excluding carboxylic acids is 1. The molecule has 0 fully saturated rings. The predicted molar refractivity (Wildman–Crippen MR) is 76.5 cm³/mol. The van der Waals surface area contributed by atoms with Gasteiger partial charge in [-0.2, -0.15) is 0 Å². The summed E-state index contributed by atoms with van der Waals surface area (Å²) in [5.41, 5.74) is 0. The number of fused-ring (bicyclic) bond motifs is 1. The standard InChI is InChI=1S/C14H20N6O/c1-4-12-15-5-6-18(12)9-14(21)19-7-10(2)20-11(3)16-17-13(20)8-19/h5-6,10H,4,7-9H2,1-3H3. The minimum Gasteiger partial charge on any atom is -0.332 e. The van der Waals surface area contributed by atoms with E-state index in [1.807, 2.05) is 29.5 Å². The zero-order chi connectivity index (χ0) is 15.0. The Labute approximate surface area is 123 Å². The lowest BCUT2D eigenvalue weighted by Gasteiger charge is -2.32. The Morgan fingerprint density at radius 3 is 3.00 bits per heavy atom. The van der Waals surface area contributed by atoms with Gasteiger partial charge in [-0.05, 0) is 13.8 Å². The van der Waals surface area contributed by atoms with Crippen LogP contribution in [0.3, 0.4) is 0 Å². The summed E-state index contributed by atoms with van der Waals surface area (Å²) in [6, 6.07) is 0.209. The minimum atomic E-state index is 0.0986. The van der Waals surface area contributed by atoms with Crippen molar-refractivity contribution in [1.82, 2.24) is 29.2 Å². The van der Waals surface area contributed by atoms with E-state index in [9.17, 15) is 4.79 Å². The molecule has 1 unspecified atom stereocenters. The van der Waals surface area contributed by atoms with Gasteiger partial charge in [0.05, 0.1) is 12.6 Å². The van der Waals surface area contributed by atoms with Crippen LogP contribution in [-0.4, -0.2) is 41.7 Å². The van der Waals surface area contributed by atoms with Crippen molar-refractivity contribution in [3.8, 4) is 0 Å². The quantitative estimate of drug-likeness (QED) is 0.843. The smallest absolute Gasteiger partial charge is 0.243 e. The number of carbonyl (C=O) groups is 1. The topological polar surface area (TPSA) is 68.8 Å². The summed E-state index contributed by atoms with van der Waals surface area (Å²) in [5.74, 6) is 2.81. The molecular formula is C14H20N6O. The fraction of sp³-hybridized carbons (Fsp3) is 0.571. The monoisotopic (exact) mass is 288 g/mol. The molecule has 7 nitrogen and oxygen atoms in total. The van der Waals surface area contributed by atoms with E-state index in [0.717, 1.165) is 23.9 Å². The second kappa shape index (κ2) is 5.31. The van der Waals surface area contributed by atoms with Gasteiger partial charge in [0, 0.05) is 25.4 Å². The molecule has 3 heterocycles. The number of aromatic nitrogens is 5. The molecule has 3 rings (SSSR count). The van der Waals surface area contributed by atoms with Crippen LogP contribution in [0.5, 0.6) is 0 Å². The third kappa shape index (κ3) is 2.43. The van der Waals surface area contributed by atoms with Crippen LogP contribution in [0.2, 0.25) is 0 Å². The summed E-state index contributed by atoms with van der Waals surface area (Å²) < 4.78 is 4.02. The maximum atomic E-state index is 12.5. The number of hydrogen-bond acceptors (Lipinski definition) is 4. The van der Waals surface area contributed by atoms with Crippen LogP contribution < -0.4 is 0 Å². The first kappa shape index (κ1) is 13.8. The van der Waals surface area contributed by atoms with Crippen LogP contribution >= 0.6 is 0 Å². The lowest BCUT2D eigenvalue weighted by atomic mass is 10.2. The fourth-order valence-electron chi connectivity index (χ4n) is 2.96. The van der Waals surface area contributed by atoms with E-state index in [2.05, 4.69) is 26.7 Å². The Balaban J connectivity index is 1.75. The second-order valence-electron chi connectivity index (χ2n) is 5.48. The highest BCUT2D eigenvalue weighted by Gasteiger charge is 2.28. The lowest BCUT2D eigenvalue weighted by molar-refractivity contribution is -0.133. The van der Waals surface area contributed by atoms with Gasteiger partial charge in [0.15, 0.2) is 5.82 Å². The average molecular weight is 288 g/mol. The van der Waals surface area contributed by atoms with Crippen LogP contribution in [0, 0.1) is 6.92 Å². The van der Waals surface area contributed by atoms with Crippen molar-refractivity contribution in [2.45, 2.75) is 46.3 Å². The fourth-order valence-corrected chi connectivity index (χ4v) is 2.96. The van der Waals surface area contributed by atoms with Gasteiger partial charge < -0.3 is 14.0 Å². The first-order chi connectivity index (χ1) is 10.1. The third-order valence-corrected chi connectivity index (χ3v) is 3.97. The molecule has 7 heteroatoms. The highest BCUT2D eigenvalue weighted by atomic mass is 16.2. The van der Waals surface area contributed by atoms with Crippen molar-refractivity contribution < 1.29 is 4.79 Å². The minimum absolute atomic E-state index is 0.0986. The van der Waals surface area contributed by atoms with Crippen molar-refractivity contribution in [2.75, 3.05) is 6.54 Å². The van der Waals surface area contributed by atoms with E-state index >= 15 is 0 Å². The highest BCUT2D eigenvalue weighted by Crippen LogP contribution is 2.21. The molecule has 1 atom stereocenters. The number of nitrogens with zero attached hydrogens (tertiary/aromatic N) is 6. The number of aryl methyl sites for hydroxylation is 2.